The number of carbonyl (C=O) groups excluding carboxylic acids is 2. The van der Waals surface area contributed by atoms with E-state index in [0.717, 1.165) is 38.5 Å². The zero-order valence-electron chi connectivity index (χ0n) is 15.7. The van der Waals surface area contributed by atoms with Gasteiger partial charge in [-0.15, -0.1) is 0 Å². The maximum Gasteiger partial charge on any atom is 0.340 e. The fraction of sp³-hybridized carbons (Fsp3) is 0.579. The number of nitrogens with one attached hydrogen (secondary N) is 1. The van der Waals surface area contributed by atoms with Crippen molar-refractivity contribution in [1.29, 1.82) is 0 Å². The molecule has 6 heteroatoms. The second-order valence-electron chi connectivity index (χ2n) is 6.72. The Morgan fingerprint density at radius 1 is 1.20 bits per heavy atom. The zero-order chi connectivity index (χ0) is 18.8. The maximum absolute atomic E-state index is 13.7. The van der Waals surface area contributed by atoms with Gasteiger partial charge in [0, 0.05) is 12.8 Å². The molecule has 0 spiro atoms. The van der Waals surface area contributed by atoms with Gasteiger partial charge in [0.05, 0.1) is 38.0 Å². The van der Waals surface area contributed by atoms with Crippen LogP contribution in [0.2, 0.25) is 0 Å². The number of nitrogens with zero attached hydrogens (tertiary/aromatic N) is 1. The summed E-state index contributed by atoms with van der Waals surface area (Å²) in [5.74, 6) is -1.29. The molecule has 1 saturated carbocycles. The summed E-state index contributed by atoms with van der Waals surface area (Å²) in [6.07, 6.45) is 1.64. The molecule has 25 heavy (non-hydrogen) atoms. The highest BCUT2D eigenvalue weighted by Gasteiger charge is 2.64. The molecule has 0 heterocycles. The molecule has 5 nitrogen and oxygen atoms in total. The van der Waals surface area contributed by atoms with Gasteiger partial charge in [-0.25, -0.2) is 9.18 Å². The van der Waals surface area contributed by atoms with Gasteiger partial charge in [0.2, 0.25) is 0 Å². The van der Waals surface area contributed by atoms with Crippen LogP contribution in [0.5, 0.6) is 0 Å². The van der Waals surface area contributed by atoms with Crippen LogP contribution in [0.3, 0.4) is 0 Å². The van der Waals surface area contributed by atoms with Crippen LogP contribution >= 0.6 is 0 Å². The lowest BCUT2D eigenvalue weighted by Gasteiger charge is -2.43. The van der Waals surface area contributed by atoms with Crippen LogP contribution in [-0.4, -0.2) is 48.6 Å². The number of esters is 1. The molecule has 1 aliphatic rings. The quantitative estimate of drug-likeness (QED) is 0.606. The van der Waals surface area contributed by atoms with E-state index in [1.807, 2.05) is 0 Å². The molecule has 1 fully saturated rings. The van der Waals surface area contributed by atoms with Crippen LogP contribution in [0.15, 0.2) is 12.1 Å². The molecule has 0 aromatic heterocycles. The average Bonchev–Trinajstić information content (AvgIpc) is 3.40. The van der Waals surface area contributed by atoms with Crippen molar-refractivity contribution < 1.29 is 23.2 Å². The fourth-order valence-corrected chi connectivity index (χ4v) is 4.02. The summed E-state index contributed by atoms with van der Waals surface area (Å²) in [6.45, 7) is 10.6. The minimum atomic E-state index is -0.662. The van der Waals surface area contributed by atoms with Gasteiger partial charge in [0.15, 0.2) is 5.54 Å². The Hall–Kier alpha value is -1.95. The van der Waals surface area contributed by atoms with E-state index >= 15 is 0 Å². The first kappa shape index (κ1) is 19.4. The second kappa shape index (κ2) is 7.12. The van der Waals surface area contributed by atoms with E-state index < -0.39 is 17.3 Å². The molecular formula is C19H28FN2O3+. The Morgan fingerprint density at radius 3 is 2.20 bits per heavy atom. The molecule has 2 rings (SSSR count). The number of hydrogen-bond acceptors (Lipinski definition) is 3. The minimum absolute atomic E-state index is 0.0479. The first-order valence-corrected chi connectivity index (χ1v) is 8.87. The molecule has 0 bridgehead atoms. The Bertz CT molecular complexity index is 671. The second-order valence-corrected chi connectivity index (χ2v) is 6.72. The zero-order valence-corrected chi connectivity index (χ0v) is 15.7. The third-order valence-corrected chi connectivity index (χ3v) is 5.81. The highest BCUT2D eigenvalue weighted by molar-refractivity contribution is 6.05. The highest BCUT2D eigenvalue weighted by atomic mass is 19.1. The van der Waals surface area contributed by atoms with E-state index in [1.165, 1.54) is 13.2 Å². The summed E-state index contributed by atoms with van der Waals surface area (Å²) >= 11 is 0. The van der Waals surface area contributed by atoms with E-state index in [0.29, 0.717) is 15.7 Å². The number of ether oxygens (including phenoxy) is 1. The molecule has 1 aliphatic carbocycles. The normalized spacial score (nSPS) is 15.6. The number of aryl methyl sites for hydroxylation is 1. The Balaban J connectivity index is 2.40. The predicted octanol–water partition coefficient (Wildman–Crippen LogP) is 3.27. The lowest BCUT2D eigenvalue weighted by atomic mass is 10.0. The number of anilines is 1. The summed E-state index contributed by atoms with van der Waals surface area (Å²) < 4.78 is 19.2. The van der Waals surface area contributed by atoms with Crippen LogP contribution < -0.4 is 5.32 Å². The summed E-state index contributed by atoms with van der Waals surface area (Å²) in [7, 11) is 1.24. The largest absolute Gasteiger partial charge is 0.465 e. The molecule has 138 valence electrons. The standard InChI is InChI=1S/C19H27FN2O3/c1-6-22(7-2,8-3)19(9-10-19)18(24)21-16-13(4)11-14(20)12-15(16)17(23)25-5/h11-12H,6-10H2,1-5H3/p+1. The van der Waals surface area contributed by atoms with Crippen molar-refractivity contribution in [2.45, 2.75) is 46.1 Å². The minimum Gasteiger partial charge on any atom is -0.465 e. The Morgan fingerprint density at radius 2 is 1.76 bits per heavy atom. The van der Waals surface area contributed by atoms with Gasteiger partial charge in [0.25, 0.3) is 5.91 Å². The van der Waals surface area contributed by atoms with Crippen molar-refractivity contribution in [3.8, 4) is 0 Å². The van der Waals surface area contributed by atoms with Crippen molar-refractivity contribution in [1.82, 2.24) is 0 Å². The first-order chi connectivity index (χ1) is 11.8. The van der Waals surface area contributed by atoms with Crippen molar-refractivity contribution in [3.63, 3.8) is 0 Å². The van der Waals surface area contributed by atoms with E-state index in [1.54, 1.807) is 6.92 Å². The SMILES string of the molecule is CC[N+](CC)(CC)C1(C(=O)Nc2c(C)cc(F)cc2C(=O)OC)CC1. The number of amides is 1. The number of benzene rings is 1. The molecule has 0 atom stereocenters. The van der Waals surface area contributed by atoms with Crippen molar-refractivity contribution in [2.24, 2.45) is 0 Å². The topological polar surface area (TPSA) is 55.4 Å². The molecule has 0 saturated heterocycles. The number of carbonyl (C=O) groups is 2. The molecule has 0 radical (unpaired) electrons. The summed E-state index contributed by atoms with van der Waals surface area (Å²) in [5.41, 5.74) is 0.428. The number of halogens is 1. The number of methoxy groups -OCH3 is 1. The van der Waals surface area contributed by atoms with Crippen LogP contribution in [0, 0.1) is 12.7 Å². The van der Waals surface area contributed by atoms with Gasteiger partial charge in [-0.3, -0.25) is 4.79 Å². The number of rotatable bonds is 7. The Kier molecular flexibility index (Phi) is 5.52. The maximum atomic E-state index is 13.7. The van der Waals surface area contributed by atoms with Gasteiger partial charge in [0.1, 0.15) is 5.82 Å². The van der Waals surface area contributed by atoms with Gasteiger partial charge in [-0.05, 0) is 45.4 Å². The van der Waals surface area contributed by atoms with Crippen molar-refractivity contribution in [2.75, 3.05) is 32.1 Å². The lowest BCUT2D eigenvalue weighted by molar-refractivity contribution is -0.947. The van der Waals surface area contributed by atoms with Crippen LogP contribution in [-0.2, 0) is 9.53 Å². The molecule has 1 N–H and O–H groups in total. The van der Waals surface area contributed by atoms with Crippen LogP contribution in [0.1, 0.15) is 49.5 Å². The highest BCUT2D eigenvalue weighted by Crippen LogP contribution is 2.48. The molecule has 1 aromatic carbocycles. The predicted molar refractivity (Wildman–Crippen MR) is 95.0 cm³/mol. The third-order valence-electron chi connectivity index (χ3n) is 5.81. The van der Waals surface area contributed by atoms with Gasteiger partial charge >= 0.3 is 5.97 Å². The van der Waals surface area contributed by atoms with E-state index in [2.05, 4.69) is 26.1 Å². The number of likely N-dealkylation sites (N-methyl/N-ethyl adjacent to an activating group) is 1. The summed E-state index contributed by atoms with van der Waals surface area (Å²) in [6, 6.07) is 2.42. The smallest absolute Gasteiger partial charge is 0.340 e. The van der Waals surface area contributed by atoms with E-state index in [9.17, 15) is 14.0 Å². The molecule has 1 aromatic rings. The monoisotopic (exact) mass is 351 g/mol. The van der Waals surface area contributed by atoms with E-state index in [-0.39, 0.29) is 11.5 Å². The van der Waals surface area contributed by atoms with E-state index in [4.69, 9.17) is 4.74 Å². The summed E-state index contributed by atoms with van der Waals surface area (Å²) in [5, 5.41) is 2.91. The van der Waals surface area contributed by atoms with Gasteiger partial charge < -0.3 is 14.5 Å². The molecule has 0 aliphatic heterocycles. The molecular weight excluding hydrogens is 323 g/mol. The first-order valence-electron chi connectivity index (χ1n) is 8.87. The fourth-order valence-electron chi connectivity index (χ4n) is 4.02. The molecule has 0 unspecified atom stereocenters. The van der Waals surface area contributed by atoms with Crippen LogP contribution in [0.4, 0.5) is 10.1 Å². The average molecular weight is 351 g/mol. The number of hydrogen-bond donors (Lipinski definition) is 1. The third kappa shape index (κ3) is 3.15. The molecule has 1 amide bonds. The Labute approximate surface area is 148 Å². The van der Waals surface area contributed by atoms with Crippen LogP contribution in [0.25, 0.3) is 0 Å². The summed E-state index contributed by atoms with van der Waals surface area (Å²) in [4.78, 5) is 25.2. The van der Waals surface area contributed by atoms with Crippen molar-refractivity contribution >= 4 is 17.6 Å². The van der Waals surface area contributed by atoms with Gasteiger partial charge in [-0.2, -0.15) is 0 Å². The lowest BCUT2D eigenvalue weighted by Crippen LogP contribution is -2.61. The van der Waals surface area contributed by atoms with Crippen molar-refractivity contribution in [3.05, 3.63) is 29.1 Å². The number of quaternary nitrogens is 1. The van der Waals surface area contributed by atoms with Gasteiger partial charge in [-0.1, -0.05) is 0 Å².